The summed E-state index contributed by atoms with van der Waals surface area (Å²) in [5, 5.41) is 2.90. The highest BCUT2D eigenvalue weighted by Crippen LogP contribution is 2.10. The predicted octanol–water partition coefficient (Wildman–Crippen LogP) is 1.10. The van der Waals surface area contributed by atoms with Crippen LogP contribution in [0.1, 0.15) is 12.5 Å². The van der Waals surface area contributed by atoms with Gasteiger partial charge in [-0.3, -0.25) is 14.5 Å². The number of anilines is 1. The van der Waals surface area contributed by atoms with Crippen LogP contribution in [0.4, 0.5) is 5.69 Å². The fourth-order valence-corrected chi connectivity index (χ4v) is 2.42. The molecule has 0 aromatic heterocycles. The van der Waals surface area contributed by atoms with Gasteiger partial charge < -0.3 is 10.2 Å². The standard InChI is InChI=1S/C17H21N3O2/c1-3-5-17(22)20-10-8-19(9-11-20)13-16(21)18-15-7-4-6-14(2)12-15/h4,6-7,12H,8-11,13H2,1-2H3,(H,18,21). The lowest BCUT2D eigenvalue weighted by atomic mass is 10.2. The molecule has 0 saturated carbocycles. The molecule has 5 nitrogen and oxygen atoms in total. The summed E-state index contributed by atoms with van der Waals surface area (Å²) in [5.74, 6) is 5.01. The van der Waals surface area contributed by atoms with E-state index >= 15 is 0 Å². The summed E-state index contributed by atoms with van der Waals surface area (Å²) in [7, 11) is 0. The Bertz CT molecular complexity index is 608. The SMILES string of the molecule is CC#CC(=O)N1CCN(CC(=O)Nc2cccc(C)c2)CC1. The molecule has 1 aliphatic heterocycles. The molecular formula is C17H21N3O2. The van der Waals surface area contributed by atoms with Gasteiger partial charge >= 0.3 is 0 Å². The number of rotatable bonds is 3. The molecule has 1 saturated heterocycles. The minimum absolute atomic E-state index is 0.0290. The maximum atomic E-state index is 12.1. The fraction of sp³-hybridized carbons (Fsp3) is 0.412. The smallest absolute Gasteiger partial charge is 0.298 e. The molecule has 1 heterocycles. The Balaban J connectivity index is 1.79. The summed E-state index contributed by atoms with van der Waals surface area (Å²) in [6, 6.07) is 7.73. The van der Waals surface area contributed by atoms with Crippen molar-refractivity contribution in [3.63, 3.8) is 0 Å². The van der Waals surface area contributed by atoms with Gasteiger partial charge in [0.05, 0.1) is 6.54 Å². The Kier molecular flexibility index (Phi) is 5.56. The Morgan fingerprint density at radius 3 is 2.59 bits per heavy atom. The molecule has 0 spiro atoms. The molecule has 0 bridgehead atoms. The van der Waals surface area contributed by atoms with Crippen molar-refractivity contribution in [1.29, 1.82) is 0 Å². The second-order valence-corrected chi connectivity index (χ2v) is 5.36. The van der Waals surface area contributed by atoms with Gasteiger partial charge in [-0.25, -0.2) is 0 Å². The Hall–Kier alpha value is -2.32. The lowest BCUT2D eigenvalue weighted by molar-refractivity contribution is -0.127. The Morgan fingerprint density at radius 1 is 1.23 bits per heavy atom. The van der Waals surface area contributed by atoms with Crippen LogP contribution in [0.3, 0.4) is 0 Å². The van der Waals surface area contributed by atoms with Gasteiger partial charge in [-0.2, -0.15) is 0 Å². The van der Waals surface area contributed by atoms with Crippen LogP contribution in [0.15, 0.2) is 24.3 Å². The van der Waals surface area contributed by atoms with Crippen molar-refractivity contribution in [3.8, 4) is 11.8 Å². The molecule has 0 atom stereocenters. The molecule has 0 aliphatic carbocycles. The van der Waals surface area contributed by atoms with Crippen LogP contribution >= 0.6 is 0 Å². The van der Waals surface area contributed by atoms with Crippen molar-refractivity contribution in [2.24, 2.45) is 0 Å². The number of amides is 2. The van der Waals surface area contributed by atoms with Crippen molar-refractivity contribution in [2.45, 2.75) is 13.8 Å². The zero-order chi connectivity index (χ0) is 15.9. The first-order valence-electron chi connectivity index (χ1n) is 7.39. The van der Waals surface area contributed by atoms with E-state index in [9.17, 15) is 9.59 Å². The van der Waals surface area contributed by atoms with Crippen LogP contribution in [-0.4, -0.2) is 54.3 Å². The van der Waals surface area contributed by atoms with Crippen molar-refractivity contribution in [3.05, 3.63) is 29.8 Å². The monoisotopic (exact) mass is 299 g/mol. The third kappa shape index (κ3) is 4.61. The van der Waals surface area contributed by atoms with Crippen molar-refractivity contribution >= 4 is 17.5 Å². The molecule has 2 rings (SSSR count). The van der Waals surface area contributed by atoms with Crippen molar-refractivity contribution in [1.82, 2.24) is 9.80 Å². The molecule has 0 radical (unpaired) electrons. The molecule has 1 aromatic carbocycles. The highest BCUT2D eigenvalue weighted by molar-refractivity contribution is 5.94. The normalized spacial score (nSPS) is 14.9. The first-order chi connectivity index (χ1) is 10.6. The average Bonchev–Trinajstić information content (AvgIpc) is 2.48. The van der Waals surface area contributed by atoms with Crippen LogP contribution in [0.2, 0.25) is 0 Å². The van der Waals surface area contributed by atoms with Crippen molar-refractivity contribution < 1.29 is 9.59 Å². The second-order valence-electron chi connectivity index (χ2n) is 5.36. The van der Waals surface area contributed by atoms with E-state index in [1.165, 1.54) is 0 Å². The van der Waals surface area contributed by atoms with Crippen LogP contribution in [0.5, 0.6) is 0 Å². The van der Waals surface area contributed by atoms with Gasteiger partial charge in [0.25, 0.3) is 5.91 Å². The number of carbonyl (C=O) groups excluding carboxylic acids is 2. The van der Waals surface area contributed by atoms with Crippen LogP contribution < -0.4 is 5.32 Å². The van der Waals surface area contributed by atoms with Crippen LogP contribution in [-0.2, 0) is 9.59 Å². The molecular weight excluding hydrogens is 278 g/mol. The molecule has 0 unspecified atom stereocenters. The van der Waals surface area contributed by atoms with E-state index in [1.807, 2.05) is 36.1 Å². The van der Waals surface area contributed by atoms with Gasteiger partial charge in [-0.15, -0.1) is 0 Å². The Labute approximate surface area is 131 Å². The quantitative estimate of drug-likeness (QED) is 0.851. The van der Waals surface area contributed by atoms with Gasteiger partial charge in [0.2, 0.25) is 5.91 Å². The van der Waals surface area contributed by atoms with Crippen LogP contribution in [0.25, 0.3) is 0 Å². The van der Waals surface area contributed by atoms with Gasteiger partial charge in [-0.05, 0) is 37.5 Å². The van der Waals surface area contributed by atoms with E-state index in [-0.39, 0.29) is 11.8 Å². The topological polar surface area (TPSA) is 52.7 Å². The zero-order valence-electron chi connectivity index (χ0n) is 13.1. The third-order valence-electron chi connectivity index (χ3n) is 3.56. The van der Waals surface area contributed by atoms with Gasteiger partial charge in [0.1, 0.15) is 0 Å². The van der Waals surface area contributed by atoms with E-state index in [1.54, 1.807) is 11.8 Å². The zero-order valence-corrected chi connectivity index (χ0v) is 13.1. The first-order valence-corrected chi connectivity index (χ1v) is 7.39. The number of benzene rings is 1. The number of nitrogens with one attached hydrogen (secondary N) is 1. The summed E-state index contributed by atoms with van der Waals surface area (Å²) >= 11 is 0. The highest BCUT2D eigenvalue weighted by atomic mass is 16.2. The number of piperazine rings is 1. The van der Waals surface area contributed by atoms with E-state index in [4.69, 9.17) is 0 Å². The number of hydrogen-bond donors (Lipinski definition) is 1. The molecule has 2 amide bonds. The molecule has 5 heteroatoms. The predicted molar refractivity (Wildman–Crippen MR) is 86.3 cm³/mol. The number of carbonyl (C=O) groups is 2. The molecule has 1 fully saturated rings. The van der Waals surface area contributed by atoms with Gasteiger partial charge in [0, 0.05) is 31.9 Å². The number of aryl methyl sites for hydroxylation is 1. The molecule has 1 N–H and O–H groups in total. The number of hydrogen-bond acceptors (Lipinski definition) is 3. The van der Waals surface area contributed by atoms with E-state index < -0.39 is 0 Å². The molecule has 1 aliphatic rings. The largest absolute Gasteiger partial charge is 0.329 e. The summed E-state index contributed by atoms with van der Waals surface area (Å²) in [6.07, 6.45) is 0. The fourth-order valence-electron chi connectivity index (χ4n) is 2.42. The summed E-state index contributed by atoms with van der Waals surface area (Å²) in [5.41, 5.74) is 1.93. The maximum Gasteiger partial charge on any atom is 0.298 e. The van der Waals surface area contributed by atoms with E-state index in [2.05, 4.69) is 17.2 Å². The van der Waals surface area contributed by atoms with Crippen molar-refractivity contribution in [2.75, 3.05) is 38.0 Å². The highest BCUT2D eigenvalue weighted by Gasteiger charge is 2.21. The molecule has 116 valence electrons. The molecule has 1 aromatic rings. The summed E-state index contributed by atoms with van der Waals surface area (Å²) < 4.78 is 0. The van der Waals surface area contributed by atoms with Crippen LogP contribution in [0, 0.1) is 18.8 Å². The maximum absolute atomic E-state index is 12.1. The minimum atomic E-state index is -0.133. The summed E-state index contributed by atoms with van der Waals surface area (Å²) in [4.78, 5) is 27.5. The molecule has 22 heavy (non-hydrogen) atoms. The lowest BCUT2D eigenvalue weighted by Crippen LogP contribution is -2.50. The second kappa shape index (κ2) is 7.62. The van der Waals surface area contributed by atoms with Gasteiger partial charge in [0.15, 0.2) is 0 Å². The Morgan fingerprint density at radius 2 is 1.95 bits per heavy atom. The lowest BCUT2D eigenvalue weighted by Gasteiger charge is -2.33. The minimum Gasteiger partial charge on any atom is -0.329 e. The van der Waals surface area contributed by atoms with E-state index in [0.717, 1.165) is 11.3 Å². The van der Waals surface area contributed by atoms with E-state index in [0.29, 0.717) is 32.7 Å². The number of nitrogens with zero attached hydrogens (tertiary/aromatic N) is 2. The van der Waals surface area contributed by atoms with Gasteiger partial charge in [-0.1, -0.05) is 18.1 Å². The third-order valence-corrected chi connectivity index (χ3v) is 3.56. The first kappa shape index (κ1) is 16.1. The average molecular weight is 299 g/mol. The summed E-state index contributed by atoms with van der Waals surface area (Å²) in [6.45, 7) is 6.61.